The number of rotatable bonds is 6. The number of β-amino-alcohol motifs (C(OH)–C–C–N with tert-alkyl or cyclic N) is 1. The van der Waals surface area contributed by atoms with Gasteiger partial charge in [-0.15, -0.1) is 11.3 Å². The average molecular weight is 375 g/mol. The zero-order valence-corrected chi connectivity index (χ0v) is 16.0. The summed E-state index contributed by atoms with van der Waals surface area (Å²) in [6, 6.07) is 6.82. The van der Waals surface area contributed by atoms with Gasteiger partial charge in [0.15, 0.2) is 0 Å². The highest BCUT2D eigenvalue weighted by Crippen LogP contribution is 2.17. The quantitative estimate of drug-likeness (QED) is 0.810. The molecule has 0 bridgehead atoms. The van der Waals surface area contributed by atoms with E-state index < -0.39 is 6.10 Å². The second-order valence-corrected chi connectivity index (χ2v) is 7.55. The van der Waals surface area contributed by atoms with E-state index in [0.29, 0.717) is 25.1 Å². The molecule has 140 valence electrons. The summed E-state index contributed by atoms with van der Waals surface area (Å²) < 4.78 is 5.39. The Kier molecular flexibility index (Phi) is 6.24. The highest BCUT2D eigenvalue weighted by atomic mass is 32.1. The van der Waals surface area contributed by atoms with E-state index >= 15 is 0 Å². The molecule has 7 heteroatoms. The maximum atomic E-state index is 12.4. The molecule has 2 atom stereocenters. The van der Waals surface area contributed by atoms with Gasteiger partial charge in [0.1, 0.15) is 5.75 Å². The van der Waals surface area contributed by atoms with E-state index in [9.17, 15) is 9.90 Å². The Morgan fingerprint density at radius 1 is 1.42 bits per heavy atom. The summed E-state index contributed by atoms with van der Waals surface area (Å²) in [7, 11) is 0. The number of thiazole rings is 1. The van der Waals surface area contributed by atoms with Crippen LogP contribution in [0, 0.1) is 6.92 Å². The van der Waals surface area contributed by atoms with Crippen LogP contribution in [0.15, 0.2) is 29.6 Å². The van der Waals surface area contributed by atoms with Gasteiger partial charge in [-0.2, -0.15) is 0 Å². The maximum Gasteiger partial charge on any atom is 0.251 e. The number of aliphatic hydroxyl groups is 1. The van der Waals surface area contributed by atoms with Gasteiger partial charge in [-0.05, 0) is 44.5 Å². The minimum atomic E-state index is -0.588. The third-order valence-corrected chi connectivity index (χ3v) is 5.28. The number of aromatic nitrogens is 1. The van der Waals surface area contributed by atoms with E-state index in [-0.39, 0.29) is 11.9 Å². The number of nitrogens with one attached hydrogen (secondary N) is 1. The number of aryl methyl sites for hydroxylation is 1. The molecule has 0 unspecified atom stereocenters. The number of aliphatic hydroxyl groups excluding tert-OH is 1. The summed E-state index contributed by atoms with van der Waals surface area (Å²) in [5.41, 5.74) is 1.61. The van der Waals surface area contributed by atoms with Crippen LogP contribution in [0.5, 0.6) is 5.75 Å². The number of benzene rings is 1. The van der Waals surface area contributed by atoms with E-state index in [2.05, 4.69) is 20.6 Å². The highest BCUT2D eigenvalue weighted by molar-refractivity contribution is 7.09. The number of ether oxygens (including phenoxy) is 1. The molecule has 1 aromatic carbocycles. The van der Waals surface area contributed by atoms with Gasteiger partial charge in [0.05, 0.1) is 29.5 Å². The molecule has 1 saturated heterocycles. The van der Waals surface area contributed by atoms with Crippen molar-refractivity contribution in [2.45, 2.75) is 39.0 Å². The predicted octanol–water partition coefficient (Wildman–Crippen LogP) is 2.22. The largest absolute Gasteiger partial charge is 0.494 e. The maximum absolute atomic E-state index is 12.4. The van der Waals surface area contributed by atoms with Crippen LogP contribution in [-0.2, 0) is 6.54 Å². The van der Waals surface area contributed by atoms with Crippen molar-refractivity contribution in [3.05, 3.63) is 45.9 Å². The van der Waals surface area contributed by atoms with Crippen LogP contribution >= 0.6 is 11.3 Å². The summed E-state index contributed by atoms with van der Waals surface area (Å²) in [4.78, 5) is 19.1. The predicted molar refractivity (Wildman–Crippen MR) is 102 cm³/mol. The molecular formula is C19H25N3O3S. The molecule has 1 aliphatic heterocycles. The Labute approximate surface area is 157 Å². The summed E-state index contributed by atoms with van der Waals surface area (Å²) in [5, 5.41) is 16.5. The summed E-state index contributed by atoms with van der Waals surface area (Å²) in [6.45, 7) is 6.60. The van der Waals surface area contributed by atoms with Crippen LogP contribution in [0.1, 0.15) is 34.4 Å². The summed E-state index contributed by atoms with van der Waals surface area (Å²) in [5.74, 6) is 0.579. The molecule has 2 heterocycles. The lowest BCUT2D eigenvalue weighted by Crippen LogP contribution is -2.53. The first-order valence-electron chi connectivity index (χ1n) is 8.90. The SMILES string of the molecule is CCOc1ccc(C(=O)N[C@H]2CCN(Cc3csc(C)n3)C[C@@H]2O)cc1. The first-order valence-corrected chi connectivity index (χ1v) is 9.78. The van der Waals surface area contributed by atoms with Crippen LogP contribution in [0.3, 0.4) is 0 Å². The lowest BCUT2D eigenvalue weighted by Gasteiger charge is -2.35. The molecule has 3 rings (SSSR count). The number of carbonyl (C=O) groups is 1. The number of carbonyl (C=O) groups excluding carboxylic acids is 1. The molecule has 2 N–H and O–H groups in total. The standard InChI is InChI=1S/C19H25N3O3S/c1-3-25-16-6-4-14(5-7-16)19(24)21-17-8-9-22(11-18(17)23)10-15-12-26-13(2)20-15/h4-7,12,17-18,23H,3,8-11H2,1-2H3,(H,21,24)/t17-,18-/m0/s1. The molecular weight excluding hydrogens is 350 g/mol. The molecule has 2 aromatic rings. The van der Waals surface area contributed by atoms with Crippen LogP contribution in [-0.4, -0.2) is 52.7 Å². The van der Waals surface area contributed by atoms with Crippen LogP contribution < -0.4 is 10.1 Å². The Bertz CT molecular complexity index is 732. The number of likely N-dealkylation sites (tertiary alicyclic amines) is 1. The molecule has 0 saturated carbocycles. The highest BCUT2D eigenvalue weighted by Gasteiger charge is 2.29. The third-order valence-electron chi connectivity index (χ3n) is 4.46. The van der Waals surface area contributed by atoms with E-state index in [0.717, 1.165) is 29.5 Å². The zero-order valence-electron chi connectivity index (χ0n) is 15.1. The average Bonchev–Trinajstić information content (AvgIpc) is 3.03. The van der Waals surface area contributed by atoms with Crippen molar-refractivity contribution in [3.63, 3.8) is 0 Å². The molecule has 1 amide bonds. The topological polar surface area (TPSA) is 74.7 Å². The second-order valence-electron chi connectivity index (χ2n) is 6.49. The van der Waals surface area contributed by atoms with Gasteiger partial charge in [0.25, 0.3) is 5.91 Å². The van der Waals surface area contributed by atoms with E-state index in [1.165, 1.54) is 0 Å². The van der Waals surface area contributed by atoms with Gasteiger partial charge >= 0.3 is 0 Å². The van der Waals surface area contributed by atoms with Gasteiger partial charge in [-0.1, -0.05) is 0 Å². The lowest BCUT2D eigenvalue weighted by atomic mass is 10.0. The van der Waals surface area contributed by atoms with E-state index in [1.807, 2.05) is 13.8 Å². The second kappa shape index (κ2) is 8.62. The monoisotopic (exact) mass is 375 g/mol. The van der Waals surface area contributed by atoms with Crippen molar-refractivity contribution in [2.24, 2.45) is 0 Å². The Morgan fingerprint density at radius 2 is 2.19 bits per heavy atom. The van der Waals surface area contributed by atoms with Gasteiger partial charge in [-0.3, -0.25) is 9.69 Å². The van der Waals surface area contributed by atoms with Gasteiger partial charge in [0.2, 0.25) is 0 Å². The molecule has 6 nitrogen and oxygen atoms in total. The molecule has 1 aromatic heterocycles. The molecule has 1 aliphatic rings. The normalized spacial score (nSPS) is 20.7. The fraction of sp³-hybridized carbons (Fsp3) is 0.474. The number of hydrogen-bond acceptors (Lipinski definition) is 6. The Balaban J connectivity index is 1.51. The molecule has 0 radical (unpaired) electrons. The zero-order chi connectivity index (χ0) is 18.5. The lowest BCUT2D eigenvalue weighted by molar-refractivity contribution is 0.0346. The smallest absolute Gasteiger partial charge is 0.251 e. The van der Waals surface area contributed by atoms with E-state index in [1.54, 1.807) is 35.6 Å². The third kappa shape index (κ3) is 4.81. The first kappa shape index (κ1) is 18.8. The molecule has 0 spiro atoms. The molecule has 1 fully saturated rings. The minimum absolute atomic E-state index is 0.166. The van der Waals surface area contributed by atoms with Crippen molar-refractivity contribution in [3.8, 4) is 5.75 Å². The fourth-order valence-corrected chi connectivity index (χ4v) is 3.74. The van der Waals surface area contributed by atoms with E-state index in [4.69, 9.17) is 4.74 Å². The van der Waals surface area contributed by atoms with Crippen LogP contribution in [0.2, 0.25) is 0 Å². The van der Waals surface area contributed by atoms with Crippen molar-refractivity contribution in [1.82, 2.24) is 15.2 Å². The van der Waals surface area contributed by atoms with Crippen molar-refractivity contribution in [2.75, 3.05) is 19.7 Å². The van der Waals surface area contributed by atoms with Crippen molar-refractivity contribution >= 4 is 17.2 Å². The summed E-state index contributed by atoms with van der Waals surface area (Å²) in [6.07, 6.45) is 0.127. The Hall–Kier alpha value is -1.96. The number of nitrogens with zero attached hydrogens (tertiary/aromatic N) is 2. The van der Waals surface area contributed by atoms with Crippen LogP contribution in [0.4, 0.5) is 0 Å². The van der Waals surface area contributed by atoms with Crippen molar-refractivity contribution in [1.29, 1.82) is 0 Å². The van der Waals surface area contributed by atoms with Gasteiger partial charge in [0, 0.05) is 30.6 Å². The number of piperidine rings is 1. The minimum Gasteiger partial charge on any atom is -0.494 e. The summed E-state index contributed by atoms with van der Waals surface area (Å²) >= 11 is 1.64. The number of hydrogen-bond donors (Lipinski definition) is 2. The van der Waals surface area contributed by atoms with Crippen LogP contribution in [0.25, 0.3) is 0 Å². The Morgan fingerprint density at radius 3 is 2.81 bits per heavy atom. The molecule has 26 heavy (non-hydrogen) atoms. The van der Waals surface area contributed by atoms with Crippen molar-refractivity contribution < 1.29 is 14.6 Å². The van der Waals surface area contributed by atoms with Gasteiger partial charge < -0.3 is 15.2 Å². The fourth-order valence-electron chi connectivity index (χ4n) is 3.14. The van der Waals surface area contributed by atoms with Gasteiger partial charge in [-0.25, -0.2) is 4.98 Å². The molecule has 0 aliphatic carbocycles. The first-order chi connectivity index (χ1) is 12.5. The number of amides is 1.